The van der Waals surface area contributed by atoms with Crippen LogP contribution in [0.4, 0.5) is 0 Å². The quantitative estimate of drug-likeness (QED) is 0.685. The molecule has 0 spiro atoms. The van der Waals surface area contributed by atoms with Gasteiger partial charge in [0.2, 0.25) is 5.91 Å². The molecule has 1 aromatic carbocycles. The highest BCUT2D eigenvalue weighted by molar-refractivity contribution is 8.15. The molecule has 2 heterocycles. The summed E-state index contributed by atoms with van der Waals surface area (Å²) in [4.78, 5) is 15.1. The zero-order chi connectivity index (χ0) is 13.8. The van der Waals surface area contributed by atoms with Gasteiger partial charge in [0.25, 0.3) is 0 Å². The number of amidine groups is 1. The van der Waals surface area contributed by atoms with Crippen LogP contribution < -0.4 is 5.32 Å². The van der Waals surface area contributed by atoms with Crippen molar-refractivity contribution < 1.29 is 4.79 Å². The SMILES string of the molecule is O=C1CSC(=NN=Cc2ccccc2-n2ccnc2)N1. The summed E-state index contributed by atoms with van der Waals surface area (Å²) in [7, 11) is 0. The first-order valence-electron chi connectivity index (χ1n) is 5.94. The summed E-state index contributed by atoms with van der Waals surface area (Å²) >= 11 is 1.35. The number of hydrogen-bond donors (Lipinski definition) is 1. The summed E-state index contributed by atoms with van der Waals surface area (Å²) in [5.41, 5.74) is 1.89. The Morgan fingerprint density at radius 1 is 1.40 bits per heavy atom. The molecule has 1 aromatic heterocycles. The number of amides is 1. The maximum atomic E-state index is 11.0. The fraction of sp³-hybridized carbons (Fsp3) is 0.0769. The van der Waals surface area contributed by atoms with Crippen molar-refractivity contribution in [2.24, 2.45) is 10.2 Å². The minimum Gasteiger partial charge on any atom is -0.306 e. The lowest BCUT2D eigenvalue weighted by Gasteiger charge is -2.05. The van der Waals surface area contributed by atoms with Crippen LogP contribution in [0.2, 0.25) is 0 Å². The van der Waals surface area contributed by atoms with Crippen LogP contribution in [0.5, 0.6) is 0 Å². The summed E-state index contributed by atoms with van der Waals surface area (Å²) in [6, 6.07) is 7.80. The lowest BCUT2D eigenvalue weighted by molar-refractivity contribution is -0.116. The topological polar surface area (TPSA) is 71.6 Å². The largest absolute Gasteiger partial charge is 0.306 e. The van der Waals surface area contributed by atoms with E-state index < -0.39 is 0 Å². The zero-order valence-corrected chi connectivity index (χ0v) is 11.2. The number of benzene rings is 1. The molecular weight excluding hydrogens is 274 g/mol. The maximum absolute atomic E-state index is 11.0. The van der Waals surface area contributed by atoms with Gasteiger partial charge >= 0.3 is 0 Å². The third-order valence-electron chi connectivity index (χ3n) is 2.65. The Hall–Kier alpha value is -2.41. The van der Waals surface area contributed by atoms with Gasteiger partial charge in [0, 0.05) is 18.0 Å². The molecule has 1 amide bonds. The van der Waals surface area contributed by atoms with Gasteiger partial charge in [0.15, 0.2) is 5.17 Å². The Morgan fingerprint density at radius 2 is 2.30 bits per heavy atom. The van der Waals surface area contributed by atoms with Crippen molar-refractivity contribution in [3.63, 3.8) is 0 Å². The predicted octanol–water partition coefficient (Wildman–Crippen LogP) is 1.43. The standard InChI is InChI=1S/C13H11N5OS/c19-12-8-20-13(16-12)17-15-7-10-3-1-2-4-11(10)18-6-5-14-9-18/h1-7,9H,8H2,(H,16,17,19). The fourth-order valence-electron chi connectivity index (χ4n) is 1.76. The minimum atomic E-state index is -0.0391. The number of rotatable bonds is 3. The number of thioether (sulfide) groups is 1. The molecule has 0 radical (unpaired) electrons. The highest BCUT2D eigenvalue weighted by Crippen LogP contribution is 2.12. The van der Waals surface area contributed by atoms with Gasteiger partial charge in [0.1, 0.15) is 0 Å². The second kappa shape index (κ2) is 5.70. The molecule has 20 heavy (non-hydrogen) atoms. The van der Waals surface area contributed by atoms with E-state index in [1.807, 2.05) is 35.0 Å². The van der Waals surface area contributed by atoms with E-state index in [2.05, 4.69) is 20.5 Å². The average molecular weight is 285 g/mol. The third-order valence-corrected chi connectivity index (χ3v) is 3.51. The van der Waals surface area contributed by atoms with Crippen LogP contribution >= 0.6 is 11.8 Å². The number of imidazole rings is 1. The van der Waals surface area contributed by atoms with Gasteiger partial charge in [-0.2, -0.15) is 5.10 Å². The zero-order valence-electron chi connectivity index (χ0n) is 10.4. The van der Waals surface area contributed by atoms with Crippen LogP contribution in [0, 0.1) is 0 Å². The van der Waals surface area contributed by atoms with Crippen molar-refractivity contribution in [1.29, 1.82) is 0 Å². The molecule has 2 aromatic rings. The molecule has 0 unspecified atom stereocenters. The molecule has 1 aliphatic heterocycles. The van der Waals surface area contributed by atoms with E-state index in [1.54, 1.807) is 18.7 Å². The van der Waals surface area contributed by atoms with Crippen molar-refractivity contribution in [2.75, 3.05) is 5.75 Å². The summed E-state index contributed by atoms with van der Waals surface area (Å²) in [6.45, 7) is 0. The van der Waals surface area contributed by atoms with Gasteiger partial charge in [-0.3, -0.25) is 4.79 Å². The van der Waals surface area contributed by atoms with Crippen LogP contribution in [0.3, 0.4) is 0 Å². The van der Waals surface area contributed by atoms with Crippen LogP contribution in [0.15, 0.2) is 53.2 Å². The molecule has 1 fully saturated rings. The van der Waals surface area contributed by atoms with Crippen LogP contribution in [-0.2, 0) is 4.79 Å². The molecule has 1 N–H and O–H groups in total. The maximum Gasteiger partial charge on any atom is 0.236 e. The number of hydrogen-bond acceptors (Lipinski definition) is 5. The molecule has 1 aliphatic rings. The van der Waals surface area contributed by atoms with Gasteiger partial charge < -0.3 is 9.88 Å². The molecule has 0 bridgehead atoms. The molecule has 6 nitrogen and oxygen atoms in total. The molecule has 0 aliphatic carbocycles. The van der Waals surface area contributed by atoms with E-state index in [1.165, 1.54) is 11.8 Å². The van der Waals surface area contributed by atoms with Crippen molar-refractivity contribution in [2.45, 2.75) is 0 Å². The summed E-state index contributed by atoms with van der Waals surface area (Å²) < 4.78 is 1.90. The van der Waals surface area contributed by atoms with Gasteiger partial charge in [-0.25, -0.2) is 4.98 Å². The molecule has 0 atom stereocenters. The summed E-state index contributed by atoms with van der Waals surface area (Å²) in [5, 5.41) is 11.2. The molecule has 0 saturated carbocycles. The Kier molecular flexibility index (Phi) is 3.60. The Morgan fingerprint density at radius 3 is 3.05 bits per heavy atom. The number of nitrogens with one attached hydrogen (secondary N) is 1. The number of carbonyl (C=O) groups excluding carboxylic acids is 1. The number of carbonyl (C=O) groups is 1. The molecule has 3 rings (SSSR count). The fourth-order valence-corrected chi connectivity index (χ4v) is 2.39. The van der Waals surface area contributed by atoms with Gasteiger partial charge in [0.05, 0.1) is 24.0 Å². The second-order valence-corrected chi connectivity index (χ2v) is 4.98. The first-order chi connectivity index (χ1) is 9.83. The Bertz CT molecular complexity index is 678. The van der Waals surface area contributed by atoms with Crippen molar-refractivity contribution in [3.8, 4) is 5.69 Å². The van der Waals surface area contributed by atoms with Crippen molar-refractivity contribution >= 4 is 29.1 Å². The smallest absolute Gasteiger partial charge is 0.236 e. The van der Waals surface area contributed by atoms with Crippen molar-refractivity contribution in [1.82, 2.24) is 14.9 Å². The Balaban J connectivity index is 1.83. The van der Waals surface area contributed by atoms with Crippen molar-refractivity contribution in [3.05, 3.63) is 48.5 Å². The van der Waals surface area contributed by atoms with E-state index >= 15 is 0 Å². The van der Waals surface area contributed by atoms with Crippen LogP contribution in [0.1, 0.15) is 5.56 Å². The van der Waals surface area contributed by atoms with E-state index in [0.29, 0.717) is 10.9 Å². The molecular formula is C13H11N5OS. The minimum absolute atomic E-state index is 0.0391. The normalized spacial score (nSPS) is 17.0. The summed E-state index contributed by atoms with van der Waals surface area (Å²) in [5.74, 6) is 0.364. The predicted molar refractivity (Wildman–Crippen MR) is 79.2 cm³/mol. The van der Waals surface area contributed by atoms with E-state index in [9.17, 15) is 4.79 Å². The van der Waals surface area contributed by atoms with Gasteiger partial charge in [-0.15, -0.1) is 5.10 Å². The summed E-state index contributed by atoms with van der Waals surface area (Å²) in [6.07, 6.45) is 6.98. The number of aromatic nitrogens is 2. The second-order valence-electron chi connectivity index (χ2n) is 4.02. The lowest BCUT2D eigenvalue weighted by atomic mass is 10.2. The first-order valence-corrected chi connectivity index (χ1v) is 6.92. The molecule has 1 saturated heterocycles. The van der Waals surface area contributed by atoms with E-state index in [0.717, 1.165) is 11.3 Å². The highest BCUT2D eigenvalue weighted by Gasteiger charge is 2.15. The molecule has 7 heteroatoms. The van der Waals surface area contributed by atoms with Gasteiger partial charge in [-0.1, -0.05) is 30.0 Å². The Labute approximate surface area is 119 Å². The lowest BCUT2D eigenvalue weighted by Crippen LogP contribution is -2.19. The first kappa shape index (κ1) is 12.6. The van der Waals surface area contributed by atoms with Gasteiger partial charge in [-0.05, 0) is 6.07 Å². The van der Waals surface area contributed by atoms with Crippen LogP contribution in [0.25, 0.3) is 5.69 Å². The van der Waals surface area contributed by atoms with E-state index in [-0.39, 0.29) is 5.91 Å². The number of para-hydroxylation sites is 1. The molecule has 100 valence electrons. The van der Waals surface area contributed by atoms with Crippen LogP contribution in [-0.4, -0.2) is 32.6 Å². The highest BCUT2D eigenvalue weighted by atomic mass is 32.2. The number of nitrogens with zero attached hydrogens (tertiary/aromatic N) is 4. The average Bonchev–Trinajstić information content (AvgIpc) is 3.11. The van der Waals surface area contributed by atoms with E-state index in [4.69, 9.17) is 0 Å². The monoisotopic (exact) mass is 285 g/mol. The third kappa shape index (κ3) is 2.77.